The molecule has 7 nitrogen and oxygen atoms in total. The van der Waals surface area contributed by atoms with Crippen molar-refractivity contribution >= 4 is 5.91 Å². The zero-order chi connectivity index (χ0) is 12.0. The van der Waals surface area contributed by atoms with Crippen molar-refractivity contribution in [2.75, 3.05) is 13.7 Å². The van der Waals surface area contributed by atoms with Crippen molar-refractivity contribution in [3.05, 3.63) is 11.7 Å². The first-order chi connectivity index (χ1) is 7.65. The Morgan fingerprint density at radius 1 is 1.69 bits per heavy atom. The number of aryl methyl sites for hydroxylation is 1. The highest BCUT2D eigenvalue weighted by atomic mass is 16.5. The molecule has 0 aliphatic rings. The maximum absolute atomic E-state index is 11.4. The minimum Gasteiger partial charge on any atom is -0.380 e. The SMILES string of the molecule is COC(CN)CC(=O)NCc1noc(C)n1. The summed E-state index contributed by atoms with van der Waals surface area (Å²) in [6.45, 7) is 2.25. The molecular formula is C9H16N4O3. The van der Waals surface area contributed by atoms with Gasteiger partial charge >= 0.3 is 0 Å². The van der Waals surface area contributed by atoms with Crippen LogP contribution >= 0.6 is 0 Å². The van der Waals surface area contributed by atoms with E-state index < -0.39 is 0 Å². The molecule has 90 valence electrons. The van der Waals surface area contributed by atoms with Crippen molar-refractivity contribution in [3.8, 4) is 0 Å². The van der Waals surface area contributed by atoms with Gasteiger partial charge in [0.1, 0.15) is 0 Å². The topological polar surface area (TPSA) is 103 Å². The van der Waals surface area contributed by atoms with Gasteiger partial charge in [-0.1, -0.05) is 5.16 Å². The van der Waals surface area contributed by atoms with E-state index in [4.69, 9.17) is 15.0 Å². The second-order valence-electron chi connectivity index (χ2n) is 3.30. The van der Waals surface area contributed by atoms with E-state index in [1.807, 2.05) is 0 Å². The van der Waals surface area contributed by atoms with Crippen LogP contribution in [0.5, 0.6) is 0 Å². The molecule has 0 aliphatic carbocycles. The molecule has 0 aliphatic heterocycles. The highest BCUT2D eigenvalue weighted by Gasteiger charge is 2.11. The average molecular weight is 228 g/mol. The van der Waals surface area contributed by atoms with Gasteiger partial charge in [-0.15, -0.1) is 0 Å². The molecule has 0 spiro atoms. The molecule has 0 saturated carbocycles. The van der Waals surface area contributed by atoms with Crippen LogP contribution in [0.4, 0.5) is 0 Å². The van der Waals surface area contributed by atoms with Gasteiger partial charge < -0.3 is 20.3 Å². The molecule has 0 radical (unpaired) electrons. The summed E-state index contributed by atoms with van der Waals surface area (Å²) in [5.74, 6) is 0.772. The summed E-state index contributed by atoms with van der Waals surface area (Å²) in [6.07, 6.45) is -0.0314. The van der Waals surface area contributed by atoms with Crippen molar-refractivity contribution in [1.29, 1.82) is 0 Å². The Morgan fingerprint density at radius 2 is 2.44 bits per heavy atom. The first kappa shape index (κ1) is 12.6. The lowest BCUT2D eigenvalue weighted by Crippen LogP contribution is -2.32. The molecule has 1 aromatic heterocycles. The lowest BCUT2D eigenvalue weighted by Gasteiger charge is -2.11. The van der Waals surface area contributed by atoms with E-state index in [0.717, 1.165) is 0 Å². The maximum Gasteiger partial charge on any atom is 0.223 e. The van der Waals surface area contributed by atoms with E-state index in [1.54, 1.807) is 6.92 Å². The van der Waals surface area contributed by atoms with E-state index in [1.165, 1.54) is 7.11 Å². The zero-order valence-corrected chi connectivity index (χ0v) is 9.40. The molecule has 0 fully saturated rings. The van der Waals surface area contributed by atoms with Crippen LogP contribution in [0.1, 0.15) is 18.1 Å². The Balaban J connectivity index is 2.30. The van der Waals surface area contributed by atoms with Gasteiger partial charge in [0.25, 0.3) is 0 Å². The number of methoxy groups -OCH3 is 1. The van der Waals surface area contributed by atoms with E-state index in [0.29, 0.717) is 18.3 Å². The number of hydrogen-bond donors (Lipinski definition) is 2. The van der Waals surface area contributed by atoms with Gasteiger partial charge in [0.05, 0.1) is 19.1 Å². The van der Waals surface area contributed by atoms with Crippen LogP contribution in [-0.4, -0.2) is 35.8 Å². The minimum atomic E-state index is -0.257. The molecule has 0 aromatic carbocycles. The number of carbonyl (C=O) groups excluding carboxylic acids is 1. The first-order valence-electron chi connectivity index (χ1n) is 4.94. The predicted octanol–water partition coefficient (Wildman–Crippen LogP) is -0.642. The van der Waals surface area contributed by atoms with E-state index in [2.05, 4.69) is 15.5 Å². The second kappa shape index (κ2) is 6.19. The van der Waals surface area contributed by atoms with E-state index in [9.17, 15) is 4.79 Å². The van der Waals surface area contributed by atoms with Gasteiger partial charge in [-0.25, -0.2) is 0 Å². The van der Waals surface area contributed by atoms with Crippen LogP contribution in [0.2, 0.25) is 0 Å². The highest BCUT2D eigenvalue weighted by Crippen LogP contribution is 1.97. The zero-order valence-electron chi connectivity index (χ0n) is 9.40. The molecule has 3 N–H and O–H groups in total. The summed E-state index contributed by atoms with van der Waals surface area (Å²) < 4.78 is 9.75. The van der Waals surface area contributed by atoms with E-state index >= 15 is 0 Å². The number of nitrogens with zero attached hydrogens (tertiary/aromatic N) is 2. The number of nitrogens with one attached hydrogen (secondary N) is 1. The number of amides is 1. The molecule has 0 bridgehead atoms. The number of hydrogen-bond acceptors (Lipinski definition) is 6. The van der Waals surface area contributed by atoms with Gasteiger partial charge in [-0.3, -0.25) is 4.79 Å². The van der Waals surface area contributed by atoms with Crippen LogP contribution in [-0.2, 0) is 16.1 Å². The molecular weight excluding hydrogens is 212 g/mol. The quantitative estimate of drug-likeness (QED) is 0.671. The third kappa shape index (κ3) is 3.95. The monoisotopic (exact) mass is 228 g/mol. The lowest BCUT2D eigenvalue weighted by molar-refractivity contribution is -0.123. The van der Waals surface area contributed by atoms with Gasteiger partial charge in [-0.05, 0) is 0 Å². The number of aromatic nitrogens is 2. The van der Waals surface area contributed by atoms with Crippen molar-refractivity contribution < 1.29 is 14.1 Å². The van der Waals surface area contributed by atoms with Crippen LogP contribution in [0.3, 0.4) is 0 Å². The number of carbonyl (C=O) groups is 1. The number of ether oxygens (including phenoxy) is 1. The van der Waals surface area contributed by atoms with Crippen LogP contribution < -0.4 is 11.1 Å². The average Bonchev–Trinajstić information content (AvgIpc) is 2.69. The Labute approximate surface area is 93.3 Å². The molecule has 1 heterocycles. The fourth-order valence-electron chi connectivity index (χ4n) is 1.13. The fourth-order valence-corrected chi connectivity index (χ4v) is 1.13. The van der Waals surface area contributed by atoms with Crippen molar-refractivity contribution in [2.45, 2.75) is 26.0 Å². The van der Waals surface area contributed by atoms with Crippen LogP contribution in [0, 0.1) is 6.92 Å². The van der Waals surface area contributed by atoms with Gasteiger partial charge in [-0.2, -0.15) is 4.98 Å². The summed E-state index contributed by atoms with van der Waals surface area (Å²) in [5.41, 5.74) is 5.40. The van der Waals surface area contributed by atoms with Crippen molar-refractivity contribution in [2.24, 2.45) is 5.73 Å². The molecule has 1 aromatic rings. The Morgan fingerprint density at radius 3 is 2.94 bits per heavy atom. The smallest absolute Gasteiger partial charge is 0.223 e. The van der Waals surface area contributed by atoms with Crippen LogP contribution in [0.15, 0.2) is 4.52 Å². The summed E-state index contributed by atoms with van der Waals surface area (Å²) in [7, 11) is 1.52. The number of rotatable bonds is 6. The van der Waals surface area contributed by atoms with Gasteiger partial charge in [0, 0.05) is 20.6 Å². The van der Waals surface area contributed by atoms with Gasteiger partial charge in [0.2, 0.25) is 11.8 Å². The molecule has 0 saturated heterocycles. The lowest BCUT2D eigenvalue weighted by atomic mass is 10.2. The summed E-state index contributed by atoms with van der Waals surface area (Å²) in [4.78, 5) is 15.4. The summed E-state index contributed by atoms with van der Waals surface area (Å²) >= 11 is 0. The molecule has 16 heavy (non-hydrogen) atoms. The minimum absolute atomic E-state index is 0.153. The molecule has 7 heteroatoms. The summed E-state index contributed by atoms with van der Waals surface area (Å²) in [6, 6.07) is 0. The normalized spacial score (nSPS) is 12.4. The van der Waals surface area contributed by atoms with Crippen molar-refractivity contribution in [3.63, 3.8) is 0 Å². The highest BCUT2D eigenvalue weighted by molar-refractivity contribution is 5.76. The maximum atomic E-state index is 11.4. The largest absolute Gasteiger partial charge is 0.380 e. The Bertz CT molecular complexity index is 335. The Hall–Kier alpha value is -1.47. The van der Waals surface area contributed by atoms with Crippen LogP contribution in [0.25, 0.3) is 0 Å². The Kier molecular flexibility index (Phi) is 4.87. The molecule has 1 atom stereocenters. The summed E-state index contributed by atoms with van der Waals surface area (Å²) in [5, 5.41) is 6.30. The predicted molar refractivity (Wildman–Crippen MR) is 55.4 cm³/mol. The molecule has 1 unspecified atom stereocenters. The third-order valence-corrected chi connectivity index (χ3v) is 2.02. The molecule has 1 amide bonds. The standard InChI is InChI=1S/C9H16N4O3/c1-6-12-8(13-16-6)5-11-9(14)3-7(4-10)15-2/h7H,3-5,10H2,1-2H3,(H,11,14). The third-order valence-electron chi connectivity index (χ3n) is 2.02. The number of nitrogens with two attached hydrogens (primary N) is 1. The fraction of sp³-hybridized carbons (Fsp3) is 0.667. The van der Waals surface area contributed by atoms with Gasteiger partial charge in [0.15, 0.2) is 5.82 Å². The van der Waals surface area contributed by atoms with Crippen molar-refractivity contribution in [1.82, 2.24) is 15.5 Å². The van der Waals surface area contributed by atoms with E-state index in [-0.39, 0.29) is 25.0 Å². The molecule has 1 rings (SSSR count). The first-order valence-corrected chi connectivity index (χ1v) is 4.94. The second-order valence-corrected chi connectivity index (χ2v) is 3.30.